The molecule has 11 heteroatoms. The third-order valence-corrected chi connectivity index (χ3v) is 7.85. The second kappa shape index (κ2) is 12.5. The maximum atomic E-state index is 13.0. The van der Waals surface area contributed by atoms with E-state index in [1.54, 1.807) is 42.5 Å². The van der Waals surface area contributed by atoms with Gasteiger partial charge < -0.3 is 14.8 Å². The highest BCUT2D eigenvalue weighted by Gasteiger charge is 2.36. The standard InChI is InChI=1S/C28H23BrCl2N2O5S/c1-15-4-7-22(16(2)8-15)32-25(34)13-33-27(35)24(39-28(33)36)11-17-9-20(29)26(23(10-17)37-3)38-14-18-5-6-19(30)12-21(18)31/h4-12H,13-14H2,1-3H3,(H,32,34)/b24-11+. The van der Waals surface area contributed by atoms with Crippen molar-refractivity contribution in [1.82, 2.24) is 4.90 Å². The van der Waals surface area contributed by atoms with E-state index in [2.05, 4.69) is 21.2 Å². The number of carbonyl (C=O) groups is 3. The van der Waals surface area contributed by atoms with Crippen molar-refractivity contribution < 1.29 is 23.9 Å². The summed E-state index contributed by atoms with van der Waals surface area (Å²) in [5.74, 6) is -0.157. The number of benzene rings is 3. The molecule has 3 aromatic carbocycles. The molecule has 3 amide bonds. The van der Waals surface area contributed by atoms with Crippen molar-refractivity contribution in [3.05, 3.63) is 90.2 Å². The molecule has 3 aromatic rings. The molecule has 0 unspecified atom stereocenters. The summed E-state index contributed by atoms with van der Waals surface area (Å²) in [6.07, 6.45) is 1.57. The molecule has 0 bridgehead atoms. The first kappa shape index (κ1) is 29.0. The zero-order chi connectivity index (χ0) is 28.3. The number of methoxy groups -OCH3 is 1. The van der Waals surface area contributed by atoms with Crippen LogP contribution in [-0.4, -0.2) is 35.6 Å². The van der Waals surface area contributed by atoms with Crippen molar-refractivity contribution in [2.24, 2.45) is 0 Å². The molecule has 0 saturated carbocycles. The Morgan fingerprint density at radius 3 is 2.56 bits per heavy atom. The number of rotatable bonds is 8. The highest BCUT2D eigenvalue weighted by atomic mass is 79.9. The zero-order valence-corrected chi connectivity index (χ0v) is 25.1. The average molecular weight is 650 g/mol. The molecule has 4 rings (SSSR count). The van der Waals surface area contributed by atoms with Gasteiger partial charge in [-0.05, 0) is 89.1 Å². The number of halogens is 3. The van der Waals surface area contributed by atoms with Gasteiger partial charge in [0.15, 0.2) is 11.5 Å². The molecule has 0 radical (unpaired) electrons. The summed E-state index contributed by atoms with van der Waals surface area (Å²) in [4.78, 5) is 39.3. The monoisotopic (exact) mass is 648 g/mol. The molecule has 0 atom stereocenters. The molecule has 39 heavy (non-hydrogen) atoms. The number of hydrogen-bond donors (Lipinski definition) is 1. The zero-order valence-electron chi connectivity index (χ0n) is 21.1. The van der Waals surface area contributed by atoms with Crippen LogP contribution in [-0.2, 0) is 16.2 Å². The molecular formula is C28H23BrCl2N2O5S. The van der Waals surface area contributed by atoms with Gasteiger partial charge in [0.1, 0.15) is 13.2 Å². The first-order chi connectivity index (χ1) is 18.5. The van der Waals surface area contributed by atoms with E-state index in [9.17, 15) is 14.4 Å². The number of thioether (sulfide) groups is 1. The Morgan fingerprint density at radius 1 is 1.10 bits per heavy atom. The van der Waals surface area contributed by atoms with E-state index in [-0.39, 0.29) is 18.1 Å². The van der Waals surface area contributed by atoms with Crippen molar-refractivity contribution in [3.63, 3.8) is 0 Å². The summed E-state index contributed by atoms with van der Waals surface area (Å²) in [5, 5.41) is 3.25. The van der Waals surface area contributed by atoms with Gasteiger partial charge in [0.05, 0.1) is 16.5 Å². The Balaban J connectivity index is 1.47. The summed E-state index contributed by atoms with van der Waals surface area (Å²) in [7, 11) is 1.50. The molecular weight excluding hydrogens is 627 g/mol. The van der Waals surface area contributed by atoms with Crippen LogP contribution in [0.3, 0.4) is 0 Å². The number of anilines is 1. The van der Waals surface area contributed by atoms with Crippen LogP contribution >= 0.6 is 50.9 Å². The number of ether oxygens (including phenoxy) is 2. The van der Waals surface area contributed by atoms with Crippen molar-refractivity contribution in [2.45, 2.75) is 20.5 Å². The van der Waals surface area contributed by atoms with E-state index >= 15 is 0 Å². The van der Waals surface area contributed by atoms with Crippen molar-refractivity contribution in [1.29, 1.82) is 0 Å². The molecule has 202 valence electrons. The molecule has 1 saturated heterocycles. The lowest BCUT2D eigenvalue weighted by molar-refractivity contribution is -0.127. The van der Waals surface area contributed by atoms with Crippen molar-refractivity contribution in [3.8, 4) is 11.5 Å². The van der Waals surface area contributed by atoms with Crippen LogP contribution in [0.2, 0.25) is 10.0 Å². The van der Waals surface area contributed by atoms with Crippen LogP contribution < -0.4 is 14.8 Å². The number of imide groups is 1. The molecule has 1 N–H and O–H groups in total. The number of aryl methyl sites for hydroxylation is 2. The number of nitrogens with zero attached hydrogens (tertiary/aromatic N) is 1. The largest absolute Gasteiger partial charge is 0.493 e. The Morgan fingerprint density at radius 2 is 1.87 bits per heavy atom. The summed E-state index contributed by atoms with van der Waals surface area (Å²) < 4.78 is 12.0. The summed E-state index contributed by atoms with van der Waals surface area (Å²) in [6, 6.07) is 14.2. The maximum absolute atomic E-state index is 13.0. The van der Waals surface area contributed by atoms with Crippen molar-refractivity contribution >= 4 is 79.7 Å². The molecule has 1 fully saturated rings. The summed E-state index contributed by atoms with van der Waals surface area (Å²) >= 11 is 16.5. The Kier molecular flexibility index (Phi) is 9.27. The van der Waals surface area contributed by atoms with E-state index < -0.39 is 17.1 Å². The number of carbonyl (C=O) groups excluding carboxylic acids is 3. The van der Waals surface area contributed by atoms with E-state index in [4.69, 9.17) is 32.7 Å². The van der Waals surface area contributed by atoms with Gasteiger partial charge in [0.2, 0.25) is 5.91 Å². The third-order valence-electron chi connectivity index (χ3n) is 5.77. The smallest absolute Gasteiger partial charge is 0.294 e. The van der Waals surface area contributed by atoms with Crippen molar-refractivity contribution in [2.75, 3.05) is 19.0 Å². The lowest BCUT2D eigenvalue weighted by atomic mass is 10.1. The van der Waals surface area contributed by atoms with Gasteiger partial charge in [-0.1, -0.05) is 47.0 Å². The van der Waals surface area contributed by atoms with Gasteiger partial charge >= 0.3 is 0 Å². The second-order valence-corrected chi connectivity index (χ2v) is 11.4. The van der Waals surface area contributed by atoms with Crippen LogP contribution in [0.25, 0.3) is 6.08 Å². The van der Waals surface area contributed by atoms with Crippen LogP contribution in [0.1, 0.15) is 22.3 Å². The molecule has 0 spiro atoms. The van der Waals surface area contributed by atoms with E-state index in [1.807, 2.05) is 26.0 Å². The quantitative estimate of drug-likeness (QED) is 0.253. The Bertz CT molecular complexity index is 1510. The molecule has 7 nitrogen and oxygen atoms in total. The van der Waals surface area contributed by atoms with Crippen LogP contribution in [0, 0.1) is 13.8 Å². The van der Waals surface area contributed by atoms with Gasteiger partial charge in [-0.15, -0.1) is 0 Å². The van der Waals surface area contributed by atoms with Crippen LogP contribution in [0.4, 0.5) is 10.5 Å². The van der Waals surface area contributed by atoms with Gasteiger partial charge in [-0.3, -0.25) is 19.3 Å². The SMILES string of the molecule is COc1cc(/C=C2/SC(=O)N(CC(=O)Nc3ccc(C)cc3C)C2=O)cc(Br)c1OCc1ccc(Cl)cc1Cl. The van der Waals surface area contributed by atoms with Gasteiger partial charge in [-0.2, -0.15) is 0 Å². The minimum atomic E-state index is -0.548. The minimum absolute atomic E-state index is 0.174. The lowest BCUT2D eigenvalue weighted by Gasteiger charge is -2.15. The van der Waals surface area contributed by atoms with Gasteiger partial charge in [0.25, 0.3) is 11.1 Å². The van der Waals surface area contributed by atoms with Crippen LogP contribution in [0.15, 0.2) is 57.9 Å². The molecule has 1 aliphatic rings. The van der Waals surface area contributed by atoms with E-state index in [0.29, 0.717) is 37.3 Å². The fourth-order valence-corrected chi connectivity index (χ4v) is 5.70. The summed E-state index contributed by atoms with van der Waals surface area (Å²) in [5.41, 5.74) is 3.93. The predicted molar refractivity (Wildman–Crippen MR) is 159 cm³/mol. The molecule has 0 aromatic heterocycles. The van der Waals surface area contributed by atoms with Gasteiger partial charge in [0, 0.05) is 21.3 Å². The molecule has 1 aliphatic heterocycles. The molecule has 1 heterocycles. The normalized spacial score (nSPS) is 14.2. The topological polar surface area (TPSA) is 84.9 Å². The number of amides is 3. The highest BCUT2D eigenvalue weighted by molar-refractivity contribution is 9.10. The Labute approximate surface area is 248 Å². The number of hydrogen-bond acceptors (Lipinski definition) is 6. The first-order valence-corrected chi connectivity index (χ1v) is 14.0. The van der Waals surface area contributed by atoms with Crippen LogP contribution in [0.5, 0.6) is 11.5 Å². The average Bonchev–Trinajstić information content (AvgIpc) is 3.13. The second-order valence-electron chi connectivity index (χ2n) is 8.69. The first-order valence-electron chi connectivity index (χ1n) is 11.6. The third kappa shape index (κ3) is 6.97. The minimum Gasteiger partial charge on any atom is -0.493 e. The molecule has 0 aliphatic carbocycles. The van der Waals surface area contributed by atoms with E-state index in [0.717, 1.165) is 33.4 Å². The Hall–Kier alpha value is -2.98. The lowest BCUT2D eigenvalue weighted by Crippen LogP contribution is -2.36. The van der Waals surface area contributed by atoms with E-state index in [1.165, 1.54) is 7.11 Å². The fourth-order valence-electron chi connectivity index (χ4n) is 3.83. The predicted octanol–water partition coefficient (Wildman–Crippen LogP) is 7.64. The number of nitrogens with one attached hydrogen (secondary N) is 1. The highest BCUT2D eigenvalue weighted by Crippen LogP contribution is 2.40. The maximum Gasteiger partial charge on any atom is 0.294 e. The summed E-state index contributed by atoms with van der Waals surface area (Å²) in [6.45, 7) is 3.62. The fraction of sp³-hybridized carbons (Fsp3) is 0.179. The van der Waals surface area contributed by atoms with Gasteiger partial charge in [-0.25, -0.2) is 0 Å².